The van der Waals surface area contributed by atoms with Crippen molar-refractivity contribution in [2.75, 3.05) is 7.11 Å². The first kappa shape index (κ1) is 20.0. The molecule has 25 heavy (non-hydrogen) atoms. The lowest BCUT2D eigenvalue weighted by atomic mass is 9.86. The normalized spacial score (nSPS) is 21.8. The second-order valence-electron chi connectivity index (χ2n) is 5.83. The van der Waals surface area contributed by atoms with E-state index in [1.165, 1.54) is 7.11 Å². The first-order valence-corrected chi connectivity index (χ1v) is 9.37. The molecule has 2 rings (SSSR count). The molecule has 1 aromatic carbocycles. The molecule has 0 amide bonds. The molecule has 1 aliphatic carbocycles. The van der Waals surface area contributed by atoms with Crippen LogP contribution < -0.4 is 4.72 Å². The van der Waals surface area contributed by atoms with E-state index in [4.69, 9.17) is 11.6 Å². The van der Waals surface area contributed by atoms with E-state index in [1.807, 2.05) is 0 Å². The predicted octanol–water partition coefficient (Wildman–Crippen LogP) is 3.37. The van der Waals surface area contributed by atoms with E-state index < -0.39 is 32.8 Å². The highest BCUT2D eigenvalue weighted by Crippen LogP contribution is 2.35. The predicted molar refractivity (Wildman–Crippen MR) is 84.5 cm³/mol. The molecule has 0 aliphatic heterocycles. The van der Waals surface area contributed by atoms with Crippen molar-refractivity contribution in [2.24, 2.45) is 5.92 Å². The van der Waals surface area contributed by atoms with Gasteiger partial charge in [-0.3, -0.25) is 4.79 Å². The van der Waals surface area contributed by atoms with Crippen LogP contribution in [0.4, 0.5) is 13.2 Å². The van der Waals surface area contributed by atoms with Crippen LogP contribution in [0.3, 0.4) is 0 Å². The summed E-state index contributed by atoms with van der Waals surface area (Å²) in [4.78, 5) is 11.1. The molecule has 0 bridgehead atoms. The van der Waals surface area contributed by atoms with Crippen LogP contribution in [0.15, 0.2) is 23.1 Å². The minimum atomic E-state index is -4.65. The summed E-state index contributed by atoms with van der Waals surface area (Å²) in [6.45, 7) is 0. The highest BCUT2D eigenvalue weighted by atomic mass is 35.5. The molecule has 1 aliphatic rings. The van der Waals surface area contributed by atoms with Crippen LogP contribution in [0.25, 0.3) is 0 Å². The molecule has 1 saturated carbocycles. The van der Waals surface area contributed by atoms with Crippen LogP contribution in [-0.2, 0) is 25.7 Å². The number of halogens is 4. The fourth-order valence-corrected chi connectivity index (χ4v) is 4.48. The summed E-state index contributed by atoms with van der Waals surface area (Å²) in [6.07, 6.45) is -2.82. The smallest absolute Gasteiger partial charge is 0.417 e. The van der Waals surface area contributed by atoms with Crippen molar-refractivity contribution in [1.82, 2.24) is 4.72 Å². The molecule has 0 atom stereocenters. The summed E-state index contributed by atoms with van der Waals surface area (Å²) < 4.78 is 69.9. The number of benzene rings is 1. The van der Waals surface area contributed by atoms with Gasteiger partial charge in [-0.2, -0.15) is 13.2 Å². The molecule has 1 N–H and O–H groups in total. The molecular formula is C15H17ClF3NO4S. The molecule has 5 nitrogen and oxygen atoms in total. The molecule has 0 aromatic heterocycles. The molecular weight excluding hydrogens is 383 g/mol. The van der Waals surface area contributed by atoms with Crippen molar-refractivity contribution in [3.63, 3.8) is 0 Å². The zero-order valence-corrected chi connectivity index (χ0v) is 14.8. The standard InChI is InChI=1S/C15H17ClF3NO4S/c1-24-14(21)9-2-4-10(5-3-9)20-25(22,23)11-6-7-12(13(16)8-11)15(17,18)19/h6-10,20H,2-5H2,1H3. The number of ether oxygens (including phenoxy) is 1. The van der Waals surface area contributed by atoms with Crippen LogP contribution in [-0.4, -0.2) is 27.5 Å². The van der Waals surface area contributed by atoms with E-state index in [2.05, 4.69) is 9.46 Å². The molecule has 0 heterocycles. The number of rotatable bonds is 4. The van der Waals surface area contributed by atoms with Gasteiger partial charge in [-0.25, -0.2) is 13.1 Å². The van der Waals surface area contributed by atoms with Gasteiger partial charge < -0.3 is 4.74 Å². The number of nitrogens with one attached hydrogen (secondary N) is 1. The van der Waals surface area contributed by atoms with Gasteiger partial charge >= 0.3 is 12.1 Å². The Kier molecular flexibility index (Phi) is 6.01. The van der Waals surface area contributed by atoms with E-state index in [9.17, 15) is 26.4 Å². The third-order valence-electron chi connectivity index (χ3n) is 4.14. The van der Waals surface area contributed by atoms with Crippen LogP contribution in [0.5, 0.6) is 0 Å². The molecule has 140 valence electrons. The Bertz CT molecular complexity index is 744. The summed E-state index contributed by atoms with van der Waals surface area (Å²) in [5, 5.41) is -0.676. The molecule has 1 aromatic rings. The first-order chi connectivity index (χ1) is 11.5. The zero-order chi connectivity index (χ0) is 18.8. The van der Waals surface area contributed by atoms with Gasteiger partial charge in [0.2, 0.25) is 10.0 Å². The molecule has 0 saturated heterocycles. The number of hydrogen-bond acceptors (Lipinski definition) is 4. The number of esters is 1. The molecule has 0 radical (unpaired) electrons. The molecule has 1 fully saturated rings. The third kappa shape index (κ3) is 4.86. The van der Waals surface area contributed by atoms with E-state index in [1.54, 1.807) is 0 Å². The lowest BCUT2D eigenvalue weighted by Crippen LogP contribution is -2.38. The average molecular weight is 400 g/mol. The summed E-state index contributed by atoms with van der Waals surface area (Å²) in [5.41, 5.74) is -1.09. The minimum Gasteiger partial charge on any atom is -0.469 e. The van der Waals surface area contributed by atoms with Gasteiger partial charge in [0, 0.05) is 6.04 Å². The van der Waals surface area contributed by atoms with Gasteiger partial charge in [0.25, 0.3) is 0 Å². The number of hydrogen-bond donors (Lipinski definition) is 1. The lowest BCUT2D eigenvalue weighted by Gasteiger charge is -2.27. The summed E-state index contributed by atoms with van der Waals surface area (Å²) in [5.74, 6) is -0.581. The quantitative estimate of drug-likeness (QED) is 0.788. The van der Waals surface area contributed by atoms with Gasteiger partial charge in [-0.15, -0.1) is 0 Å². The van der Waals surface area contributed by atoms with Crippen molar-refractivity contribution in [3.8, 4) is 0 Å². The monoisotopic (exact) mass is 399 g/mol. The second-order valence-corrected chi connectivity index (χ2v) is 7.95. The number of carbonyl (C=O) groups is 1. The maximum atomic E-state index is 12.7. The van der Waals surface area contributed by atoms with E-state index in [0.717, 1.165) is 12.1 Å². The number of alkyl halides is 3. The molecule has 10 heteroatoms. The van der Waals surface area contributed by atoms with Gasteiger partial charge in [0.15, 0.2) is 0 Å². The minimum absolute atomic E-state index is 0.258. The Labute approximate surface area is 148 Å². The highest BCUT2D eigenvalue weighted by molar-refractivity contribution is 7.89. The van der Waals surface area contributed by atoms with Crippen molar-refractivity contribution in [1.29, 1.82) is 0 Å². The summed E-state index contributed by atoms with van der Waals surface area (Å²) in [6, 6.07) is 1.90. The highest BCUT2D eigenvalue weighted by Gasteiger charge is 2.34. The second kappa shape index (κ2) is 7.51. The topological polar surface area (TPSA) is 72.5 Å². The fourth-order valence-electron chi connectivity index (χ4n) is 2.79. The number of sulfonamides is 1. The average Bonchev–Trinajstić information content (AvgIpc) is 2.53. The first-order valence-electron chi connectivity index (χ1n) is 7.51. The van der Waals surface area contributed by atoms with Crippen LogP contribution >= 0.6 is 11.6 Å². The molecule has 0 unspecified atom stereocenters. The van der Waals surface area contributed by atoms with Gasteiger partial charge in [-0.1, -0.05) is 11.6 Å². The maximum Gasteiger partial charge on any atom is 0.417 e. The Balaban J connectivity index is 2.08. The van der Waals surface area contributed by atoms with E-state index in [-0.39, 0.29) is 16.8 Å². The Hall–Kier alpha value is -1.32. The number of methoxy groups -OCH3 is 1. The zero-order valence-electron chi connectivity index (χ0n) is 13.3. The largest absolute Gasteiger partial charge is 0.469 e. The van der Waals surface area contributed by atoms with Crippen LogP contribution in [0.1, 0.15) is 31.2 Å². The van der Waals surface area contributed by atoms with Crippen molar-refractivity contribution < 1.29 is 31.1 Å². The van der Waals surface area contributed by atoms with Crippen LogP contribution in [0.2, 0.25) is 5.02 Å². The summed E-state index contributed by atoms with van der Waals surface area (Å²) >= 11 is 5.57. The number of carbonyl (C=O) groups excluding carboxylic acids is 1. The maximum absolute atomic E-state index is 12.7. The molecule has 0 spiro atoms. The Morgan fingerprint density at radius 2 is 1.84 bits per heavy atom. The van der Waals surface area contributed by atoms with Gasteiger partial charge in [-0.05, 0) is 43.9 Å². The fraction of sp³-hybridized carbons (Fsp3) is 0.533. The Morgan fingerprint density at radius 1 is 1.24 bits per heavy atom. The van der Waals surface area contributed by atoms with E-state index in [0.29, 0.717) is 31.7 Å². The van der Waals surface area contributed by atoms with Gasteiger partial charge in [0.1, 0.15) is 0 Å². The summed E-state index contributed by atoms with van der Waals surface area (Å²) in [7, 11) is -2.71. The lowest BCUT2D eigenvalue weighted by molar-refractivity contribution is -0.146. The third-order valence-corrected chi connectivity index (χ3v) is 5.97. The van der Waals surface area contributed by atoms with Crippen molar-refractivity contribution >= 4 is 27.6 Å². The van der Waals surface area contributed by atoms with Crippen LogP contribution in [0, 0.1) is 5.92 Å². The van der Waals surface area contributed by atoms with E-state index >= 15 is 0 Å². The SMILES string of the molecule is COC(=O)C1CCC(NS(=O)(=O)c2ccc(C(F)(F)F)c(Cl)c2)CC1. The van der Waals surface area contributed by atoms with Crippen molar-refractivity contribution in [3.05, 3.63) is 28.8 Å². The van der Waals surface area contributed by atoms with Gasteiger partial charge in [0.05, 0.1) is 28.5 Å². The Morgan fingerprint density at radius 3 is 2.32 bits per heavy atom. The van der Waals surface area contributed by atoms with Crippen molar-refractivity contribution in [2.45, 2.75) is 42.8 Å².